The second kappa shape index (κ2) is 15.3. The Labute approximate surface area is 146 Å². The zero-order valence-electron chi connectivity index (χ0n) is 15.8. The van der Waals surface area contributed by atoms with Crippen molar-refractivity contribution in [1.29, 1.82) is 0 Å². The molecule has 0 amide bonds. The summed E-state index contributed by atoms with van der Waals surface area (Å²) in [4.78, 5) is 14.2. The Morgan fingerprint density at radius 2 is 1.42 bits per heavy atom. The van der Waals surface area contributed by atoms with E-state index in [1.807, 2.05) is 20.8 Å². The Kier molecular flexibility index (Phi) is 14.5. The van der Waals surface area contributed by atoms with Gasteiger partial charge in [-0.2, -0.15) is 0 Å². The van der Waals surface area contributed by atoms with Crippen LogP contribution < -0.4 is 0 Å². The number of carbonyl (C=O) groups is 1. The molecule has 0 fully saturated rings. The molecule has 0 heterocycles. The molecular weight excluding hydrogens is 306 g/mol. The summed E-state index contributed by atoms with van der Waals surface area (Å²) < 4.78 is 10.5. The highest BCUT2D eigenvalue weighted by molar-refractivity contribution is 5.71. The molecule has 0 aromatic carbocycles. The van der Waals surface area contributed by atoms with Gasteiger partial charge in [-0.05, 0) is 39.1 Å². The van der Waals surface area contributed by atoms with E-state index in [-0.39, 0.29) is 12.6 Å². The van der Waals surface area contributed by atoms with Crippen molar-refractivity contribution in [2.24, 2.45) is 5.11 Å². The largest absolute Gasteiger partial charge is 0.458 e. The zero-order chi connectivity index (χ0) is 18.1. The Balaban J connectivity index is 3.18. The molecule has 24 heavy (non-hydrogen) atoms. The molecule has 0 aromatic heterocycles. The molecule has 0 aromatic rings. The quantitative estimate of drug-likeness (QED) is 0.128. The van der Waals surface area contributed by atoms with E-state index in [1.54, 1.807) is 0 Å². The van der Waals surface area contributed by atoms with E-state index in [4.69, 9.17) is 15.0 Å². The number of hydrogen-bond donors (Lipinski definition) is 0. The number of rotatable bonds is 15. The van der Waals surface area contributed by atoms with Crippen LogP contribution in [0.4, 0.5) is 0 Å². The minimum Gasteiger partial charge on any atom is -0.458 e. The predicted molar refractivity (Wildman–Crippen MR) is 96.8 cm³/mol. The smallest absolute Gasteiger partial charge is 0.332 e. The van der Waals surface area contributed by atoms with E-state index in [0.717, 1.165) is 25.7 Å². The molecule has 0 aliphatic rings. The first-order chi connectivity index (χ1) is 11.5. The number of esters is 1. The van der Waals surface area contributed by atoms with Gasteiger partial charge in [0.1, 0.15) is 12.2 Å². The van der Waals surface area contributed by atoms with E-state index in [0.29, 0.717) is 13.2 Å². The van der Waals surface area contributed by atoms with Crippen molar-refractivity contribution in [2.45, 2.75) is 90.6 Å². The van der Waals surface area contributed by atoms with Gasteiger partial charge in [0.2, 0.25) is 0 Å². The highest BCUT2D eigenvalue weighted by Gasteiger charge is 2.15. The molecule has 0 atom stereocenters. The summed E-state index contributed by atoms with van der Waals surface area (Å²) in [6.07, 6.45) is 11.9. The maximum atomic E-state index is 11.4. The van der Waals surface area contributed by atoms with Gasteiger partial charge >= 0.3 is 5.97 Å². The van der Waals surface area contributed by atoms with Crippen LogP contribution in [0, 0.1) is 0 Å². The van der Waals surface area contributed by atoms with Crippen LogP contribution in [0.1, 0.15) is 85.0 Å². The first-order valence-corrected chi connectivity index (χ1v) is 9.26. The normalized spacial score (nSPS) is 11.1. The molecular formula is C18H35N3O3. The maximum absolute atomic E-state index is 11.4. The van der Waals surface area contributed by atoms with Gasteiger partial charge in [-0.25, -0.2) is 4.79 Å². The summed E-state index contributed by atoms with van der Waals surface area (Å²) in [5, 5.41) is 3.53. The van der Waals surface area contributed by atoms with Gasteiger partial charge in [0.05, 0.1) is 0 Å². The van der Waals surface area contributed by atoms with Crippen LogP contribution in [0.2, 0.25) is 0 Å². The molecule has 140 valence electrons. The summed E-state index contributed by atoms with van der Waals surface area (Å²) in [6, 6.07) is 0. The number of hydrogen-bond acceptors (Lipinski definition) is 4. The second-order valence-electron chi connectivity index (χ2n) is 7.13. The molecule has 0 aliphatic heterocycles. The summed E-state index contributed by atoms with van der Waals surface area (Å²) in [5.41, 5.74) is 7.71. The van der Waals surface area contributed by atoms with Crippen LogP contribution in [0.25, 0.3) is 10.4 Å². The highest BCUT2D eigenvalue weighted by atomic mass is 16.6. The Morgan fingerprint density at radius 1 is 0.917 bits per heavy atom. The van der Waals surface area contributed by atoms with Gasteiger partial charge in [0.25, 0.3) is 0 Å². The average Bonchev–Trinajstić information content (AvgIpc) is 2.49. The average molecular weight is 341 g/mol. The van der Waals surface area contributed by atoms with Gasteiger partial charge in [0, 0.05) is 18.1 Å². The third-order valence-electron chi connectivity index (χ3n) is 3.50. The number of unbranched alkanes of at least 4 members (excludes halogenated alkanes) is 9. The highest BCUT2D eigenvalue weighted by Crippen LogP contribution is 2.11. The lowest BCUT2D eigenvalue weighted by atomic mass is 10.1. The summed E-state index contributed by atoms with van der Waals surface area (Å²) >= 11 is 0. The molecule has 0 radical (unpaired) electrons. The van der Waals surface area contributed by atoms with Crippen LogP contribution in [0.5, 0.6) is 0 Å². The van der Waals surface area contributed by atoms with Crippen LogP contribution in [-0.2, 0) is 14.3 Å². The molecule has 0 bridgehead atoms. The minimum atomic E-state index is -0.439. The summed E-state index contributed by atoms with van der Waals surface area (Å²) in [7, 11) is 0. The van der Waals surface area contributed by atoms with Crippen molar-refractivity contribution in [3.8, 4) is 0 Å². The lowest BCUT2D eigenvalue weighted by molar-refractivity contribution is -0.160. The Bertz CT molecular complexity index is 361. The molecule has 0 rings (SSSR count). The summed E-state index contributed by atoms with van der Waals surface area (Å²) in [6.45, 7) is 6.88. The molecule has 6 nitrogen and oxygen atoms in total. The third kappa shape index (κ3) is 18.8. The third-order valence-corrected chi connectivity index (χ3v) is 3.50. The van der Waals surface area contributed by atoms with Crippen molar-refractivity contribution in [3.63, 3.8) is 0 Å². The topological polar surface area (TPSA) is 84.3 Å². The molecule has 6 heteroatoms. The standard InChI is InChI=1S/C18H35N3O3/c1-18(2,3)24-17(22)16-23-15-13-11-9-7-5-4-6-8-10-12-14-20-21-19/h4-16H2,1-3H3. The van der Waals surface area contributed by atoms with E-state index in [2.05, 4.69) is 10.0 Å². The van der Waals surface area contributed by atoms with Crippen LogP contribution >= 0.6 is 0 Å². The fraction of sp³-hybridized carbons (Fsp3) is 0.944. The van der Waals surface area contributed by atoms with Gasteiger partial charge in [0.15, 0.2) is 0 Å². The monoisotopic (exact) mass is 341 g/mol. The molecule has 0 N–H and O–H groups in total. The molecule has 0 unspecified atom stereocenters. The predicted octanol–water partition coefficient (Wildman–Crippen LogP) is 5.56. The van der Waals surface area contributed by atoms with Crippen LogP contribution in [0.15, 0.2) is 5.11 Å². The van der Waals surface area contributed by atoms with Gasteiger partial charge in [-0.3, -0.25) is 0 Å². The van der Waals surface area contributed by atoms with Gasteiger partial charge < -0.3 is 9.47 Å². The van der Waals surface area contributed by atoms with Crippen molar-refractivity contribution in [3.05, 3.63) is 10.4 Å². The lowest BCUT2D eigenvalue weighted by Gasteiger charge is -2.19. The van der Waals surface area contributed by atoms with E-state index in [9.17, 15) is 4.79 Å². The van der Waals surface area contributed by atoms with Crippen molar-refractivity contribution < 1.29 is 14.3 Å². The molecule has 0 saturated heterocycles. The van der Waals surface area contributed by atoms with E-state index < -0.39 is 5.60 Å². The number of azide groups is 1. The van der Waals surface area contributed by atoms with Crippen molar-refractivity contribution in [1.82, 2.24) is 0 Å². The van der Waals surface area contributed by atoms with Crippen molar-refractivity contribution >= 4 is 5.97 Å². The fourth-order valence-corrected chi connectivity index (χ4v) is 2.37. The Morgan fingerprint density at radius 3 is 1.92 bits per heavy atom. The van der Waals surface area contributed by atoms with Crippen molar-refractivity contribution in [2.75, 3.05) is 19.8 Å². The number of ether oxygens (including phenoxy) is 2. The minimum absolute atomic E-state index is 0.0525. The van der Waals surface area contributed by atoms with Gasteiger partial charge in [-0.1, -0.05) is 56.5 Å². The molecule has 0 aliphatic carbocycles. The Hall–Kier alpha value is -1.26. The first-order valence-electron chi connectivity index (χ1n) is 9.26. The van der Waals surface area contributed by atoms with E-state index in [1.165, 1.54) is 38.5 Å². The molecule has 0 saturated carbocycles. The number of nitrogens with zero attached hydrogens (tertiary/aromatic N) is 3. The fourth-order valence-electron chi connectivity index (χ4n) is 2.37. The lowest BCUT2D eigenvalue weighted by Crippen LogP contribution is -2.26. The van der Waals surface area contributed by atoms with Crippen LogP contribution in [0.3, 0.4) is 0 Å². The van der Waals surface area contributed by atoms with E-state index >= 15 is 0 Å². The van der Waals surface area contributed by atoms with Gasteiger partial charge in [-0.15, -0.1) is 0 Å². The molecule has 0 spiro atoms. The first kappa shape index (κ1) is 22.7. The maximum Gasteiger partial charge on any atom is 0.332 e. The summed E-state index contributed by atoms with van der Waals surface area (Å²) in [5.74, 6) is -0.290. The SMILES string of the molecule is CC(C)(C)OC(=O)COCCCCCCCCCCCCN=[N+]=[N-]. The van der Waals surface area contributed by atoms with Crippen LogP contribution in [-0.4, -0.2) is 31.3 Å². The number of carbonyl (C=O) groups excluding carboxylic acids is 1. The zero-order valence-corrected chi connectivity index (χ0v) is 15.8. The second-order valence-corrected chi connectivity index (χ2v) is 7.13.